The van der Waals surface area contributed by atoms with E-state index in [0.717, 1.165) is 11.0 Å². The molecule has 1 fully saturated rings. The number of hydrogen-bond donors (Lipinski definition) is 2. The van der Waals surface area contributed by atoms with Crippen molar-refractivity contribution in [3.63, 3.8) is 0 Å². The van der Waals surface area contributed by atoms with Crippen LogP contribution in [0.1, 0.15) is 37.6 Å². The highest BCUT2D eigenvalue weighted by molar-refractivity contribution is 5.99. The molecule has 2 aromatic heterocycles. The summed E-state index contributed by atoms with van der Waals surface area (Å²) in [5.74, 6) is -6.32. The first kappa shape index (κ1) is 28.1. The number of pyridine rings is 2. The molecule has 0 radical (unpaired) electrons. The number of amides is 2. The van der Waals surface area contributed by atoms with Crippen LogP contribution in [0.2, 0.25) is 0 Å². The third-order valence-electron chi connectivity index (χ3n) is 6.15. The molecule has 1 aromatic carbocycles. The lowest BCUT2D eigenvalue weighted by Gasteiger charge is -2.33. The molecule has 1 aliphatic heterocycles. The standard InChI is InChI=1S/C25H22F6N4O4/c1-24(2,3)23(25(29,30)31)33-22(39)14-10-35(19-15(27)6-11(26)7-16(19)28)21-13(20(14)38)4-5-17(32-21)34-9-12(36)8-18(34)37/h4-7,10,12,23,36H,8-9H2,1-3H3,(H,33,39)/t12-,23+/m0/s1. The van der Waals surface area contributed by atoms with Crippen LogP contribution in [0.5, 0.6) is 0 Å². The summed E-state index contributed by atoms with van der Waals surface area (Å²) in [6.07, 6.45) is -5.53. The molecule has 208 valence electrons. The van der Waals surface area contributed by atoms with Crippen molar-refractivity contribution in [2.24, 2.45) is 5.41 Å². The van der Waals surface area contributed by atoms with Crippen molar-refractivity contribution < 1.29 is 41.0 Å². The van der Waals surface area contributed by atoms with Crippen molar-refractivity contribution in [1.29, 1.82) is 0 Å². The van der Waals surface area contributed by atoms with Crippen LogP contribution in [0, 0.1) is 22.9 Å². The highest BCUT2D eigenvalue weighted by atomic mass is 19.4. The maximum Gasteiger partial charge on any atom is 0.409 e. The van der Waals surface area contributed by atoms with E-state index in [1.54, 1.807) is 5.32 Å². The van der Waals surface area contributed by atoms with Gasteiger partial charge in [0.2, 0.25) is 11.3 Å². The minimum Gasteiger partial charge on any atom is -0.391 e. The zero-order valence-electron chi connectivity index (χ0n) is 20.7. The Bertz CT molecular complexity index is 1510. The Morgan fingerprint density at radius 1 is 1.10 bits per heavy atom. The van der Waals surface area contributed by atoms with Gasteiger partial charge in [0.25, 0.3) is 5.91 Å². The number of β-amino-alcohol motifs (C(OH)–C–C–N with tert-alkyl or cyclic N) is 1. The normalized spacial score (nSPS) is 17.1. The van der Waals surface area contributed by atoms with Gasteiger partial charge >= 0.3 is 6.18 Å². The second-order valence-electron chi connectivity index (χ2n) is 10.2. The summed E-state index contributed by atoms with van der Waals surface area (Å²) in [7, 11) is 0. The number of rotatable bonds is 4. The van der Waals surface area contributed by atoms with Gasteiger partial charge in [-0.1, -0.05) is 20.8 Å². The molecule has 3 heterocycles. The largest absolute Gasteiger partial charge is 0.409 e. The van der Waals surface area contributed by atoms with Gasteiger partial charge in [-0.15, -0.1) is 0 Å². The Morgan fingerprint density at radius 2 is 1.72 bits per heavy atom. The maximum absolute atomic E-state index is 14.8. The first-order chi connectivity index (χ1) is 18.0. The molecular formula is C25H22F6N4O4. The third kappa shape index (κ3) is 5.33. The lowest BCUT2D eigenvalue weighted by molar-refractivity contribution is -0.174. The van der Waals surface area contributed by atoms with Crippen molar-refractivity contribution in [3.05, 3.63) is 63.7 Å². The molecule has 2 N–H and O–H groups in total. The minimum atomic E-state index is -4.90. The van der Waals surface area contributed by atoms with Crippen LogP contribution >= 0.6 is 0 Å². The molecule has 2 amide bonds. The molecule has 2 atom stereocenters. The molecule has 39 heavy (non-hydrogen) atoms. The summed E-state index contributed by atoms with van der Waals surface area (Å²) >= 11 is 0. The van der Waals surface area contributed by atoms with Gasteiger partial charge in [-0.2, -0.15) is 13.2 Å². The van der Waals surface area contributed by atoms with Gasteiger partial charge in [0.1, 0.15) is 28.9 Å². The van der Waals surface area contributed by atoms with E-state index in [-0.39, 0.29) is 18.8 Å². The number of anilines is 1. The first-order valence-electron chi connectivity index (χ1n) is 11.6. The van der Waals surface area contributed by atoms with E-state index in [9.17, 15) is 45.8 Å². The monoisotopic (exact) mass is 556 g/mol. The SMILES string of the molecule is CC(C)(C)[C@@H](NC(=O)c1cn(-c2c(F)cc(F)cc2F)c2nc(N3C[C@@H](O)CC3=O)ccc2c1=O)C(F)(F)F. The van der Waals surface area contributed by atoms with Gasteiger partial charge < -0.3 is 10.4 Å². The van der Waals surface area contributed by atoms with Gasteiger partial charge in [-0.3, -0.25) is 23.9 Å². The lowest BCUT2D eigenvalue weighted by Crippen LogP contribution is -2.53. The predicted octanol–water partition coefficient (Wildman–Crippen LogP) is 3.61. The third-order valence-corrected chi connectivity index (χ3v) is 6.15. The smallest absolute Gasteiger partial charge is 0.391 e. The van der Waals surface area contributed by atoms with E-state index in [1.165, 1.54) is 26.8 Å². The van der Waals surface area contributed by atoms with Gasteiger partial charge in [0, 0.05) is 18.3 Å². The van der Waals surface area contributed by atoms with Crippen molar-refractivity contribution in [2.45, 2.75) is 45.5 Å². The topological polar surface area (TPSA) is 105 Å². The van der Waals surface area contributed by atoms with Crippen molar-refractivity contribution >= 4 is 28.7 Å². The number of nitrogens with one attached hydrogen (secondary N) is 1. The Balaban J connectivity index is 1.97. The summed E-state index contributed by atoms with van der Waals surface area (Å²) in [4.78, 5) is 43.7. The van der Waals surface area contributed by atoms with Gasteiger partial charge in [0.15, 0.2) is 17.3 Å². The highest BCUT2D eigenvalue weighted by Gasteiger charge is 2.48. The molecule has 0 spiro atoms. The average molecular weight is 556 g/mol. The number of alkyl halides is 3. The maximum atomic E-state index is 14.8. The van der Waals surface area contributed by atoms with Crippen molar-refractivity contribution in [3.8, 4) is 5.69 Å². The van der Waals surface area contributed by atoms with Gasteiger partial charge in [0.05, 0.1) is 24.5 Å². The zero-order chi connectivity index (χ0) is 29.0. The second kappa shape index (κ2) is 9.67. The van der Waals surface area contributed by atoms with E-state index in [2.05, 4.69) is 4.98 Å². The Labute approximate surface area is 216 Å². The molecule has 1 aliphatic rings. The van der Waals surface area contributed by atoms with E-state index < -0.39 is 80.7 Å². The van der Waals surface area contributed by atoms with Gasteiger partial charge in [-0.25, -0.2) is 18.2 Å². The lowest BCUT2D eigenvalue weighted by atomic mass is 9.86. The van der Waals surface area contributed by atoms with Crippen LogP contribution in [-0.4, -0.2) is 51.3 Å². The van der Waals surface area contributed by atoms with Crippen LogP contribution in [0.25, 0.3) is 16.7 Å². The fourth-order valence-corrected chi connectivity index (χ4v) is 4.35. The molecule has 14 heteroatoms. The number of carbonyl (C=O) groups excluding carboxylic acids is 2. The van der Waals surface area contributed by atoms with Crippen LogP contribution in [0.4, 0.5) is 32.2 Å². The molecule has 0 aliphatic carbocycles. The molecule has 1 saturated heterocycles. The first-order valence-corrected chi connectivity index (χ1v) is 11.6. The molecule has 0 bridgehead atoms. The molecule has 0 saturated carbocycles. The van der Waals surface area contributed by atoms with E-state index in [4.69, 9.17) is 0 Å². The molecule has 3 aromatic rings. The number of aliphatic hydroxyl groups excluding tert-OH is 1. The Morgan fingerprint density at radius 3 is 2.23 bits per heavy atom. The Hall–Kier alpha value is -3.94. The number of halogens is 6. The predicted molar refractivity (Wildman–Crippen MR) is 127 cm³/mol. The zero-order valence-corrected chi connectivity index (χ0v) is 20.7. The summed E-state index contributed by atoms with van der Waals surface area (Å²) in [5.41, 5.74) is -4.98. The fraction of sp³-hybridized carbons (Fsp3) is 0.360. The number of aliphatic hydroxyl groups is 1. The van der Waals surface area contributed by atoms with Crippen LogP contribution in [0.15, 0.2) is 35.3 Å². The van der Waals surface area contributed by atoms with Crippen LogP contribution in [-0.2, 0) is 4.79 Å². The number of fused-ring (bicyclic) bond motifs is 1. The molecule has 4 rings (SSSR count). The van der Waals surface area contributed by atoms with Crippen LogP contribution < -0.4 is 15.6 Å². The Kier molecular flexibility index (Phi) is 6.96. The summed E-state index contributed by atoms with van der Waals surface area (Å²) in [6.45, 7) is 3.49. The fourth-order valence-electron chi connectivity index (χ4n) is 4.35. The number of benzene rings is 1. The number of nitrogens with zero attached hydrogens (tertiary/aromatic N) is 3. The van der Waals surface area contributed by atoms with Crippen molar-refractivity contribution in [2.75, 3.05) is 11.4 Å². The van der Waals surface area contributed by atoms with E-state index in [1.807, 2.05) is 0 Å². The minimum absolute atomic E-state index is 0.109. The highest BCUT2D eigenvalue weighted by Crippen LogP contribution is 2.33. The molecule has 0 unspecified atom stereocenters. The van der Waals surface area contributed by atoms with E-state index >= 15 is 0 Å². The quantitative estimate of drug-likeness (QED) is 0.478. The van der Waals surface area contributed by atoms with Crippen LogP contribution in [0.3, 0.4) is 0 Å². The second-order valence-corrected chi connectivity index (χ2v) is 10.2. The van der Waals surface area contributed by atoms with Gasteiger partial charge in [-0.05, 0) is 17.5 Å². The summed E-state index contributed by atoms with van der Waals surface area (Å²) in [6, 6.07) is 0.511. The molecule has 8 nitrogen and oxygen atoms in total. The summed E-state index contributed by atoms with van der Waals surface area (Å²) in [5, 5.41) is 11.1. The number of hydrogen-bond acceptors (Lipinski definition) is 5. The average Bonchev–Trinajstić information content (AvgIpc) is 3.14. The van der Waals surface area contributed by atoms with E-state index in [0.29, 0.717) is 22.9 Å². The molecular weight excluding hydrogens is 534 g/mol. The summed E-state index contributed by atoms with van der Waals surface area (Å²) < 4.78 is 85.0. The van der Waals surface area contributed by atoms with Crippen molar-refractivity contribution in [1.82, 2.24) is 14.9 Å². The number of aromatic nitrogens is 2. The number of carbonyl (C=O) groups is 2.